The van der Waals surface area contributed by atoms with Crippen molar-refractivity contribution in [3.8, 4) is 5.75 Å². The van der Waals surface area contributed by atoms with Gasteiger partial charge in [-0.1, -0.05) is 0 Å². The number of halogens is 5. The van der Waals surface area contributed by atoms with Crippen LogP contribution in [0.1, 0.15) is 5.56 Å². The third kappa shape index (κ3) is 3.64. The summed E-state index contributed by atoms with van der Waals surface area (Å²) in [7, 11) is 0. The summed E-state index contributed by atoms with van der Waals surface area (Å²) in [6.45, 7) is -1.48. The smallest absolute Gasteiger partial charge is 0.405 e. The predicted octanol–water partition coefficient (Wildman–Crippen LogP) is 2.96. The third-order valence-corrected chi connectivity index (χ3v) is 2.12. The molecular weight excluding hydrogens is 363 g/mol. The highest BCUT2D eigenvalue weighted by molar-refractivity contribution is 14.1. The summed E-state index contributed by atoms with van der Waals surface area (Å²) < 4.78 is 51.9. The molecule has 0 fully saturated rings. The maximum Gasteiger partial charge on any atom is 0.573 e. The Morgan fingerprint density at radius 1 is 1.53 bits per heavy atom. The molecule has 0 amide bonds. The summed E-state index contributed by atoms with van der Waals surface area (Å²) in [5.74, 6) is -1.94. The summed E-state index contributed by atoms with van der Waals surface area (Å²) >= 11 is 1.46. The lowest BCUT2D eigenvalue weighted by Gasteiger charge is -2.11. The van der Waals surface area contributed by atoms with Crippen molar-refractivity contribution in [3.63, 3.8) is 0 Å². The lowest BCUT2D eigenvalue weighted by molar-refractivity contribution is -0.390. The number of nitrogens with zero attached hydrogens (tertiary/aromatic N) is 2. The van der Waals surface area contributed by atoms with Gasteiger partial charge in [0.2, 0.25) is 3.70 Å². The van der Waals surface area contributed by atoms with Crippen LogP contribution in [0.2, 0.25) is 0 Å². The van der Waals surface area contributed by atoms with E-state index in [2.05, 4.69) is 9.72 Å². The van der Waals surface area contributed by atoms with Gasteiger partial charge in [0.25, 0.3) is 0 Å². The van der Waals surface area contributed by atoms with Crippen molar-refractivity contribution in [1.29, 1.82) is 0 Å². The quantitative estimate of drug-likeness (QED) is 0.271. The van der Waals surface area contributed by atoms with Crippen LogP contribution in [0.25, 0.3) is 0 Å². The van der Waals surface area contributed by atoms with Crippen LogP contribution in [0.3, 0.4) is 0 Å². The molecule has 1 aromatic rings. The van der Waals surface area contributed by atoms with Crippen LogP contribution in [-0.2, 0) is 6.67 Å². The Hall–Kier alpha value is -1.20. The molecule has 5 nitrogen and oxygen atoms in total. The Kier molecular flexibility index (Phi) is 4.06. The van der Waals surface area contributed by atoms with Crippen LogP contribution in [0.15, 0.2) is 6.07 Å². The molecule has 94 valence electrons. The van der Waals surface area contributed by atoms with E-state index in [1.165, 1.54) is 22.6 Å². The molecule has 0 bridgehead atoms. The minimum Gasteiger partial charge on any atom is -0.405 e. The summed E-state index contributed by atoms with van der Waals surface area (Å²) in [6, 6.07) is 0.774. The van der Waals surface area contributed by atoms with E-state index in [1.54, 1.807) is 0 Å². The van der Waals surface area contributed by atoms with E-state index in [4.69, 9.17) is 0 Å². The van der Waals surface area contributed by atoms with Crippen LogP contribution >= 0.6 is 22.6 Å². The first-order valence-electron chi connectivity index (χ1n) is 3.90. The highest BCUT2D eigenvalue weighted by Crippen LogP contribution is 2.33. The largest absolute Gasteiger partial charge is 0.573 e. The van der Waals surface area contributed by atoms with E-state index < -0.39 is 35.1 Å². The number of hydrogen-bond donors (Lipinski definition) is 0. The number of pyridine rings is 1. The second-order valence-corrected chi connectivity index (χ2v) is 3.79. The first-order chi connectivity index (χ1) is 7.74. The Morgan fingerprint density at radius 3 is 2.53 bits per heavy atom. The zero-order valence-electron chi connectivity index (χ0n) is 7.79. The van der Waals surface area contributed by atoms with E-state index in [1.807, 2.05) is 0 Å². The van der Waals surface area contributed by atoms with E-state index in [-0.39, 0.29) is 3.70 Å². The molecule has 0 aliphatic heterocycles. The number of ether oxygens (including phenoxy) is 1. The Balaban J connectivity index is 3.33. The number of rotatable bonds is 3. The van der Waals surface area contributed by atoms with Crippen LogP contribution in [0.5, 0.6) is 5.75 Å². The SMILES string of the molecule is O=[N+]([O-])c1nc(I)cc(OC(F)(F)F)c1CF. The van der Waals surface area contributed by atoms with Gasteiger partial charge in [-0.15, -0.1) is 13.2 Å². The van der Waals surface area contributed by atoms with Gasteiger partial charge in [0.1, 0.15) is 18.0 Å². The van der Waals surface area contributed by atoms with Crippen molar-refractivity contribution in [2.24, 2.45) is 0 Å². The fourth-order valence-electron chi connectivity index (χ4n) is 0.999. The van der Waals surface area contributed by atoms with E-state index in [9.17, 15) is 27.7 Å². The van der Waals surface area contributed by atoms with Crippen LogP contribution < -0.4 is 4.74 Å². The molecule has 0 atom stereocenters. The predicted molar refractivity (Wildman–Crippen MR) is 55.1 cm³/mol. The van der Waals surface area contributed by atoms with Crippen LogP contribution in [-0.4, -0.2) is 16.3 Å². The molecule has 17 heavy (non-hydrogen) atoms. The Bertz CT molecular complexity index is 451. The molecule has 0 unspecified atom stereocenters. The van der Waals surface area contributed by atoms with Crippen molar-refractivity contribution >= 4 is 28.4 Å². The summed E-state index contributed by atoms with van der Waals surface area (Å²) in [5.41, 5.74) is -0.840. The lowest BCUT2D eigenvalue weighted by Crippen LogP contribution is -2.19. The molecule has 1 heterocycles. The van der Waals surface area contributed by atoms with Gasteiger partial charge < -0.3 is 14.9 Å². The van der Waals surface area contributed by atoms with Crippen molar-refractivity contribution in [1.82, 2.24) is 4.98 Å². The highest BCUT2D eigenvalue weighted by atomic mass is 127. The van der Waals surface area contributed by atoms with Gasteiger partial charge in [0.15, 0.2) is 0 Å². The zero-order valence-corrected chi connectivity index (χ0v) is 9.95. The highest BCUT2D eigenvalue weighted by Gasteiger charge is 2.35. The molecule has 1 aromatic heterocycles. The second kappa shape index (κ2) is 4.98. The van der Waals surface area contributed by atoms with Crippen LogP contribution in [0.4, 0.5) is 23.4 Å². The first kappa shape index (κ1) is 13.9. The van der Waals surface area contributed by atoms with Gasteiger partial charge in [-0.25, -0.2) is 4.39 Å². The molecule has 0 aliphatic carbocycles. The maximum atomic E-state index is 12.5. The van der Waals surface area contributed by atoms with E-state index in [0.29, 0.717) is 0 Å². The van der Waals surface area contributed by atoms with Crippen LogP contribution in [0, 0.1) is 13.8 Å². The van der Waals surface area contributed by atoms with Crippen molar-refractivity contribution in [2.45, 2.75) is 13.0 Å². The van der Waals surface area contributed by atoms with Gasteiger partial charge in [-0.2, -0.15) is 0 Å². The fraction of sp³-hybridized carbons (Fsp3) is 0.286. The molecule has 0 aromatic carbocycles. The van der Waals surface area contributed by atoms with Gasteiger partial charge in [-0.3, -0.25) is 0 Å². The average Bonchev–Trinajstić information content (AvgIpc) is 2.14. The van der Waals surface area contributed by atoms with Gasteiger partial charge in [-0.05, 0) is 9.91 Å². The summed E-state index contributed by atoms with van der Waals surface area (Å²) in [6.07, 6.45) is -5.05. The minimum absolute atomic E-state index is 0.106. The molecule has 1 rings (SSSR count). The Labute approximate surface area is 105 Å². The fourth-order valence-corrected chi connectivity index (χ4v) is 1.51. The third-order valence-electron chi connectivity index (χ3n) is 1.56. The van der Waals surface area contributed by atoms with Gasteiger partial charge in [0, 0.05) is 28.7 Å². The molecular formula is C7H3F4IN2O3. The van der Waals surface area contributed by atoms with Crippen molar-refractivity contribution in [3.05, 3.63) is 25.4 Å². The molecule has 0 saturated carbocycles. The lowest BCUT2D eigenvalue weighted by atomic mass is 10.2. The zero-order chi connectivity index (χ0) is 13.2. The second-order valence-electron chi connectivity index (χ2n) is 2.68. The Morgan fingerprint density at radius 2 is 2.12 bits per heavy atom. The minimum atomic E-state index is -5.05. The molecule has 0 saturated heterocycles. The number of hydrogen-bond acceptors (Lipinski definition) is 4. The maximum absolute atomic E-state index is 12.5. The molecule has 0 aliphatic rings. The summed E-state index contributed by atoms with van der Waals surface area (Å²) in [4.78, 5) is 12.8. The summed E-state index contributed by atoms with van der Waals surface area (Å²) in [5, 5.41) is 10.5. The monoisotopic (exact) mass is 366 g/mol. The van der Waals surface area contributed by atoms with E-state index in [0.717, 1.165) is 6.07 Å². The number of aromatic nitrogens is 1. The van der Waals surface area contributed by atoms with E-state index >= 15 is 0 Å². The molecule has 0 radical (unpaired) electrons. The first-order valence-corrected chi connectivity index (χ1v) is 4.98. The topological polar surface area (TPSA) is 65.3 Å². The van der Waals surface area contributed by atoms with Gasteiger partial charge in [0.05, 0.1) is 0 Å². The standard InChI is InChI=1S/C7H3F4IN2O3/c8-2-3-4(17-7(9,10)11)1-5(12)13-6(3)14(15)16/h1H,2H2. The normalized spacial score (nSPS) is 11.4. The molecule has 10 heteroatoms. The number of alkyl halides is 4. The number of nitro groups is 1. The molecule has 0 N–H and O–H groups in total. The van der Waals surface area contributed by atoms with Gasteiger partial charge >= 0.3 is 12.2 Å². The van der Waals surface area contributed by atoms with Crippen molar-refractivity contribution < 1.29 is 27.2 Å². The molecule has 0 spiro atoms. The van der Waals surface area contributed by atoms with Crippen molar-refractivity contribution in [2.75, 3.05) is 0 Å². The average molecular weight is 366 g/mol.